The van der Waals surface area contributed by atoms with Crippen LogP contribution in [0.5, 0.6) is 0 Å². The number of morpholine rings is 1. The predicted octanol–water partition coefficient (Wildman–Crippen LogP) is 2.87. The minimum atomic E-state index is -0.210. The Balaban J connectivity index is 1.65. The zero-order chi connectivity index (χ0) is 19.8. The Labute approximate surface area is 166 Å². The van der Waals surface area contributed by atoms with Crippen LogP contribution in [-0.4, -0.2) is 50.8 Å². The summed E-state index contributed by atoms with van der Waals surface area (Å²) in [4.78, 5) is 6.67. The van der Waals surface area contributed by atoms with Crippen LogP contribution in [0.1, 0.15) is 22.7 Å². The van der Waals surface area contributed by atoms with Crippen molar-refractivity contribution in [3.63, 3.8) is 0 Å². The Bertz CT molecular complexity index is 790. The summed E-state index contributed by atoms with van der Waals surface area (Å²) in [5.74, 6) is 0.524. The van der Waals surface area contributed by atoms with Gasteiger partial charge >= 0.3 is 0 Å². The first-order valence-electron chi connectivity index (χ1n) is 9.73. The second-order valence-electron chi connectivity index (χ2n) is 6.95. The molecule has 1 aliphatic rings. The van der Waals surface area contributed by atoms with Crippen LogP contribution in [0.4, 0.5) is 4.39 Å². The molecule has 1 atom stereocenters. The molecule has 1 unspecified atom stereocenters. The molecule has 0 amide bonds. The van der Waals surface area contributed by atoms with Gasteiger partial charge in [-0.05, 0) is 35.7 Å². The topological polar surface area (TPSA) is 48.9 Å². The lowest BCUT2D eigenvalue weighted by molar-refractivity contribution is 0.0169. The largest absolute Gasteiger partial charge is 0.379 e. The van der Waals surface area contributed by atoms with Crippen LogP contribution in [0.3, 0.4) is 0 Å². The molecule has 0 bridgehead atoms. The van der Waals surface area contributed by atoms with Gasteiger partial charge in [-0.3, -0.25) is 9.89 Å². The first-order valence-corrected chi connectivity index (χ1v) is 9.73. The summed E-state index contributed by atoms with van der Waals surface area (Å²) in [6, 6.07) is 15.2. The zero-order valence-corrected chi connectivity index (χ0v) is 16.6. The zero-order valence-electron chi connectivity index (χ0n) is 16.6. The Hall–Kier alpha value is -2.44. The van der Waals surface area contributed by atoms with Gasteiger partial charge < -0.3 is 15.4 Å². The minimum absolute atomic E-state index is 0.0524. The molecule has 1 aliphatic heterocycles. The molecule has 0 saturated carbocycles. The van der Waals surface area contributed by atoms with E-state index < -0.39 is 0 Å². The number of ether oxygens (including phenoxy) is 1. The van der Waals surface area contributed by atoms with Crippen LogP contribution in [0.2, 0.25) is 0 Å². The van der Waals surface area contributed by atoms with E-state index in [9.17, 15) is 4.39 Å². The number of nitrogens with zero attached hydrogens (tertiary/aromatic N) is 2. The Morgan fingerprint density at radius 3 is 2.64 bits per heavy atom. The number of hydrogen-bond donors (Lipinski definition) is 2. The number of rotatable bonds is 6. The molecule has 0 aliphatic carbocycles. The standard InChI is InChI=1S/C22H29FN4O/c1-17-6-3-4-7-19(17)15-25-22(24-2)26-16-21(27-10-12-28-13-11-27)18-8-5-9-20(23)14-18/h3-9,14,21H,10-13,15-16H2,1-2H3,(H2,24,25,26). The smallest absolute Gasteiger partial charge is 0.191 e. The van der Waals surface area contributed by atoms with Crippen molar-refractivity contribution in [2.24, 2.45) is 4.99 Å². The van der Waals surface area contributed by atoms with Crippen molar-refractivity contribution in [1.82, 2.24) is 15.5 Å². The summed E-state index contributed by atoms with van der Waals surface area (Å²) in [5, 5.41) is 6.78. The third-order valence-corrected chi connectivity index (χ3v) is 5.11. The fourth-order valence-corrected chi connectivity index (χ4v) is 3.46. The van der Waals surface area contributed by atoms with Crippen molar-refractivity contribution in [1.29, 1.82) is 0 Å². The molecule has 28 heavy (non-hydrogen) atoms. The number of benzene rings is 2. The molecule has 2 aromatic carbocycles. The summed E-state index contributed by atoms with van der Waals surface area (Å²) in [5.41, 5.74) is 3.44. The van der Waals surface area contributed by atoms with Gasteiger partial charge in [-0.25, -0.2) is 4.39 Å². The van der Waals surface area contributed by atoms with Crippen molar-refractivity contribution in [2.75, 3.05) is 39.9 Å². The maximum absolute atomic E-state index is 13.8. The molecule has 3 rings (SSSR count). The van der Waals surface area contributed by atoms with Gasteiger partial charge in [0, 0.05) is 33.2 Å². The summed E-state index contributed by atoms with van der Waals surface area (Å²) in [6.07, 6.45) is 0. The molecule has 1 saturated heterocycles. The van der Waals surface area contributed by atoms with E-state index in [0.29, 0.717) is 26.3 Å². The number of halogens is 1. The number of aliphatic imine (C=N–C) groups is 1. The molecule has 0 spiro atoms. The number of hydrogen-bond acceptors (Lipinski definition) is 3. The number of nitrogens with one attached hydrogen (secondary N) is 2. The minimum Gasteiger partial charge on any atom is -0.379 e. The molecule has 2 aromatic rings. The highest BCUT2D eigenvalue weighted by Crippen LogP contribution is 2.22. The van der Waals surface area contributed by atoms with E-state index >= 15 is 0 Å². The van der Waals surface area contributed by atoms with Crippen LogP contribution in [-0.2, 0) is 11.3 Å². The fourth-order valence-electron chi connectivity index (χ4n) is 3.46. The first-order chi connectivity index (χ1) is 13.7. The van der Waals surface area contributed by atoms with E-state index in [-0.39, 0.29) is 11.9 Å². The second-order valence-corrected chi connectivity index (χ2v) is 6.95. The summed E-state index contributed by atoms with van der Waals surface area (Å²) < 4.78 is 19.3. The summed E-state index contributed by atoms with van der Waals surface area (Å²) in [7, 11) is 1.76. The highest BCUT2D eigenvalue weighted by Gasteiger charge is 2.23. The van der Waals surface area contributed by atoms with Crippen molar-refractivity contribution >= 4 is 5.96 Å². The lowest BCUT2D eigenvalue weighted by Gasteiger charge is -2.35. The van der Waals surface area contributed by atoms with Crippen LogP contribution in [0, 0.1) is 12.7 Å². The van der Waals surface area contributed by atoms with Gasteiger partial charge in [0.05, 0.1) is 19.3 Å². The Morgan fingerprint density at radius 1 is 1.14 bits per heavy atom. The van der Waals surface area contributed by atoms with Crippen molar-refractivity contribution in [3.05, 3.63) is 71.0 Å². The molecular weight excluding hydrogens is 355 g/mol. The third-order valence-electron chi connectivity index (χ3n) is 5.11. The SMILES string of the molecule is CN=C(NCc1ccccc1C)NCC(c1cccc(F)c1)N1CCOCC1. The van der Waals surface area contributed by atoms with Crippen LogP contribution >= 0.6 is 0 Å². The molecule has 5 nitrogen and oxygen atoms in total. The molecule has 150 valence electrons. The van der Waals surface area contributed by atoms with E-state index in [4.69, 9.17) is 4.74 Å². The summed E-state index contributed by atoms with van der Waals surface area (Å²) >= 11 is 0. The van der Waals surface area contributed by atoms with Crippen molar-refractivity contribution < 1.29 is 9.13 Å². The molecular formula is C22H29FN4O. The molecule has 2 N–H and O–H groups in total. The molecule has 0 aromatic heterocycles. The van der Waals surface area contributed by atoms with Crippen LogP contribution in [0.25, 0.3) is 0 Å². The van der Waals surface area contributed by atoms with E-state index in [0.717, 1.165) is 24.6 Å². The predicted molar refractivity (Wildman–Crippen MR) is 111 cm³/mol. The van der Waals surface area contributed by atoms with Gasteiger partial charge in [-0.15, -0.1) is 0 Å². The number of guanidine groups is 1. The first kappa shape index (κ1) is 20.3. The average Bonchev–Trinajstić information content (AvgIpc) is 2.72. The molecule has 0 radical (unpaired) electrons. The van der Waals surface area contributed by atoms with Gasteiger partial charge in [-0.1, -0.05) is 36.4 Å². The lowest BCUT2D eigenvalue weighted by Crippen LogP contribution is -2.46. The highest BCUT2D eigenvalue weighted by molar-refractivity contribution is 5.79. The van der Waals surface area contributed by atoms with Crippen molar-refractivity contribution in [3.8, 4) is 0 Å². The quantitative estimate of drug-likeness (QED) is 0.594. The maximum Gasteiger partial charge on any atom is 0.191 e. The van der Waals surface area contributed by atoms with E-state index in [1.54, 1.807) is 19.2 Å². The van der Waals surface area contributed by atoms with Gasteiger partial charge in [0.15, 0.2) is 5.96 Å². The second kappa shape index (κ2) is 10.2. The van der Waals surface area contributed by atoms with E-state index in [1.807, 2.05) is 18.2 Å². The Kier molecular flexibility index (Phi) is 7.39. The third kappa shape index (κ3) is 5.53. The normalized spacial score (nSPS) is 16.6. The lowest BCUT2D eigenvalue weighted by atomic mass is 10.0. The summed E-state index contributed by atoms with van der Waals surface area (Å²) in [6.45, 7) is 6.51. The average molecular weight is 384 g/mol. The van der Waals surface area contributed by atoms with Gasteiger partial charge in [-0.2, -0.15) is 0 Å². The highest BCUT2D eigenvalue weighted by atomic mass is 19.1. The van der Waals surface area contributed by atoms with E-state index in [2.05, 4.69) is 39.6 Å². The van der Waals surface area contributed by atoms with Gasteiger partial charge in [0.2, 0.25) is 0 Å². The monoisotopic (exact) mass is 384 g/mol. The molecule has 1 heterocycles. The molecule has 6 heteroatoms. The van der Waals surface area contributed by atoms with Crippen LogP contribution < -0.4 is 10.6 Å². The maximum atomic E-state index is 13.8. The number of aryl methyl sites for hydroxylation is 1. The fraction of sp³-hybridized carbons (Fsp3) is 0.409. The van der Waals surface area contributed by atoms with Crippen molar-refractivity contribution in [2.45, 2.75) is 19.5 Å². The van der Waals surface area contributed by atoms with E-state index in [1.165, 1.54) is 17.2 Å². The van der Waals surface area contributed by atoms with Gasteiger partial charge in [0.1, 0.15) is 5.82 Å². The van der Waals surface area contributed by atoms with Gasteiger partial charge in [0.25, 0.3) is 0 Å². The Morgan fingerprint density at radius 2 is 1.93 bits per heavy atom. The van der Waals surface area contributed by atoms with Crippen LogP contribution in [0.15, 0.2) is 53.5 Å². The molecule has 1 fully saturated rings.